The number of hydrogen-bond acceptors (Lipinski definition) is 4. The van der Waals surface area contributed by atoms with E-state index in [1.165, 1.54) is 37.9 Å². The molecule has 3 N–H and O–H groups in total. The molecule has 0 spiro atoms. The number of likely N-dealkylation sites (tertiary alicyclic amines) is 1. The molecule has 0 aliphatic carbocycles. The minimum absolute atomic E-state index is 0.0342. The van der Waals surface area contributed by atoms with Crippen LogP contribution in [0.5, 0.6) is 0 Å². The molecule has 2 saturated heterocycles. The van der Waals surface area contributed by atoms with E-state index in [1.54, 1.807) is 0 Å². The van der Waals surface area contributed by atoms with Crippen LogP contribution in [0.2, 0.25) is 0 Å². The molecule has 2 aliphatic heterocycles. The Kier molecular flexibility index (Phi) is 5.08. The quantitative estimate of drug-likeness (QED) is 0.795. The number of benzene rings is 1. The smallest absolute Gasteiger partial charge is 0.242 e. The summed E-state index contributed by atoms with van der Waals surface area (Å²) >= 11 is 0. The molecule has 3 rings (SSSR count). The van der Waals surface area contributed by atoms with E-state index < -0.39 is 0 Å². The van der Waals surface area contributed by atoms with Gasteiger partial charge >= 0.3 is 0 Å². The Hall–Kier alpha value is -1.43. The zero-order valence-corrected chi connectivity index (χ0v) is 13.3. The lowest BCUT2D eigenvalue weighted by Crippen LogP contribution is -2.39. The summed E-state index contributed by atoms with van der Waals surface area (Å²) in [5.41, 5.74) is 8.28. The fraction of sp³-hybridized carbons (Fsp3) is 0.588. The number of hydrogen-bond donors (Lipinski definition) is 3. The Balaban J connectivity index is 1.57. The van der Waals surface area contributed by atoms with Gasteiger partial charge in [0.25, 0.3) is 0 Å². The number of carbonyl (C=O) groups is 1. The highest BCUT2D eigenvalue weighted by Gasteiger charge is 2.26. The van der Waals surface area contributed by atoms with E-state index in [2.05, 4.69) is 40.1 Å². The summed E-state index contributed by atoms with van der Waals surface area (Å²) in [5, 5.41) is 3.02. The first kappa shape index (κ1) is 15.5. The van der Waals surface area contributed by atoms with E-state index in [0.717, 1.165) is 18.7 Å². The average Bonchev–Trinajstić information content (AvgIpc) is 2.95. The van der Waals surface area contributed by atoms with Crippen LogP contribution in [0.25, 0.3) is 0 Å². The maximum Gasteiger partial charge on any atom is 0.242 e. The van der Waals surface area contributed by atoms with E-state index in [-0.39, 0.29) is 11.9 Å². The standard InChI is InChI=1S/C17H26N4O/c1-13-10-16(20-19-13)17(22)18-15-7-5-6-14(11-15)12-21-8-3-2-4-9-21/h5-7,11,13,16,19-20H,2-4,8-10,12H2,1H3,(H,18,22). The highest BCUT2D eigenvalue weighted by atomic mass is 16.2. The molecule has 0 radical (unpaired) electrons. The van der Waals surface area contributed by atoms with Crippen LogP contribution >= 0.6 is 0 Å². The van der Waals surface area contributed by atoms with Gasteiger partial charge in [-0.05, 0) is 57.0 Å². The molecular weight excluding hydrogens is 276 g/mol. The first-order chi connectivity index (χ1) is 10.7. The van der Waals surface area contributed by atoms with Crippen molar-refractivity contribution in [3.05, 3.63) is 29.8 Å². The monoisotopic (exact) mass is 302 g/mol. The second kappa shape index (κ2) is 7.22. The molecule has 2 aliphatic rings. The predicted octanol–water partition coefficient (Wildman–Crippen LogP) is 1.87. The number of hydrazine groups is 1. The Morgan fingerprint density at radius 2 is 2.09 bits per heavy atom. The Morgan fingerprint density at radius 3 is 2.82 bits per heavy atom. The van der Waals surface area contributed by atoms with Gasteiger partial charge in [0, 0.05) is 18.3 Å². The second-order valence-electron chi connectivity index (χ2n) is 6.50. The summed E-state index contributed by atoms with van der Waals surface area (Å²) in [6.07, 6.45) is 4.77. The summed E-state index contributed by atoms with van der Waals surface area (Å²) in [7, 11) is 0. The maximum atomic E-state index is 12.2. The van der Waals surface area contributed by atoms with Crippen LogP contribution in [-0.4, -0.2) is 36.0 Å². The van der Waals surface area contributed by atoms with E-state index in [0.29, 0.717) is 6.04 Å². The van der Waals surface area contributed by atoms with Crippen LogP contribution in [0, 0.1) is 0 Å². The lowest BCUT2D eigenvalue weighted by atomic mass is 10.1. The molecule has 1 aromatic carbocycles. The summed E-state index contributed by atoms with van der Waals surface area (Å²) in [6, 6.07) is 8.41. The molecule has 0 aromatic heterocycles. The topological polar surface area (TPSA) is 56.4 Å². The molecule has 2 fully saturated rings. The van der Waals surface area contributed by atoms with E-state index >= 15 is 0 Å². The van der Waals surface area contributed by atoms with Gasteiger partial charge in [-0.25, -0.2) is 5.43 Å². The van der Waals surface area contributed by atoms with Crippen molar-refractivity contribution in [2.24, 2.45) is 0 Å². The molecule has 1 amide bonds. The lowest BCUT2D eigenvalue weighted by Gasteiger charge is -2.26. The molecule has 2 heterocycles. The van der Waals surface area contributed by atoms with Gasteiger partial charge in [0.15, 0.2) is 0 Å². The zero-order valence-electron chi connectivity index (χ0n) is 13.3. The molecule has 2 atom stereocenters. The third-order valence-electron chi connectivity index (χ3n) is 4.46. The number of nitrogens with zero attached hydrogens (tertiary/aromatic N) is 1. The van der Waals surface area contributed by atoms with Gasteiger partial charge in [-0.15, -0.1) is 0 Å². The molecule has 5 heteroatoms. The van der Waals surface area contributed by atoms with Crippen molar-refractivity contribution in [1.29, 1.82) is 0 Å². The Bertz CT molecular complexity index is 513. The zero-order chi connectivity index (χ0) is 15.4. The molecule has 120 valence electrons. The number of carbonyl (C=O) groups excluding carboxylic acids is 1. The third-order valence-corrected chi connectivity index (χ3v) is 4.46. The predicted molar refractivity (Wildman–Crippen MR) is 88.3 cm³/mol. The van der Waals surface area contributed by atoms with Crippen molar-refractivity contribution in [2.75, 3.05) is 18.4 Å². The normalized spacial score (nSPS) is 26.0. The van der Waals surface area contributed by atoms with Gasteiger partial charge in [0.1, 0.15) is 6.04 Å². The Labute approximate surface area is 132 Å². The summed E-state index contributed by atoms with van der Waals surface area (Å²) in [6.45, 7) is 5.42. The van der Waals surface area contributed by atoms with Crippen molar-refractivity contribution < 1.29 is 4.79 Å². The van der Waals surface area contributed by atoms with Gasteiger partial charge in [-0.1, -0.05) is 18.6 Å². The SMILES string of the molecule is CC1CC(C(=O)Nc2cccc(CN3CCCCC3)c2)NN1. The highest BCUT2D eigenvalue weighted by Crippen LogP contribution is 2.17. The number of piperidine rings is 1. The van der Waals surface area contributed by atoms with Crippen LogP contribution in [0.15, 0.2) is 24.3 Å². The van der Waals surface area contributed by atoms with Gasteiger partial charge in [-0.2, -0.15) is 0 Å². The van der Waals surface area contributed by atoms with Crippen molar-refractivity contribution in [2.45, 2.75) is 51.2 Å². The molecule has 5 nitrogen and oxygen atoms in total. The third kappa shape index (κ3) is 4.06. The fourth-order valence-electron chi connectivity index (χ4n) is 3.24. The van der Waals surface area contributed by atoms with Crippen LogP contribution in [0.4, 0.5) is 5.69 Å². The largest absolute Gasteiger partial charge is 0.325 e. The first-order valence-electron chi connectivity index (χ1n) is 8.34. The molecule has 22 heavy (non-hydrogen) atoms. The van der Waals surface area contributed by atoms with Crippen molar-refractivity contribution in [3.63, 3.8) is 0 Å². The molecule has 0 bridgehead atoms. The average molecular weight is 302 g/mol. The van der Waals surface area contributed by atoms with E-state index in [9.17, 15) is 4.79 Å². The van der Waals surface area contributed by atoms with Crippen molar-refractivity contribution >= 4 is 11.6 Å². The van der Waals surface area contributed by atoms with Gasteiger partial charge in [-0.3, -0.25) is 15.1 Å². The Morgan fingerprint density at radius 1 is 1.27 bits per heavy atom. The van der Waals surface area contributed by atoms with Gasteiger partial charge in [0.2, 0.25) is 5.91 Å². The van der Waals surface area contributed by atoms with Gasteiger partial charge in [0.05, 0.1) is 0 Å². The summed E-state index contributed by atoms with van der Waals surface area (Å²) < 4.78 is 0. The molecule has 2 unspecified atom stereocenters. The maximum absolute atomic E-state index is 12.2. The summed E-state index contributed by atoms with van der Waals surface area (Å²) in [4.78, 5) is 14.7. The first-order valence-corrected chi connectivity index (χ1v) is 8.34. The summed E-state index contributed by atoms with van der Waals surface area (Å²) in [5.74, 6) is 0.0342. The second-order valence-corrected chi connectivity index (χ2v) is 6.50. The van der Waals surface area contributed by atoms with Crippen molar-refractivity contribution in [1.82, 2.24) is 15.8 Å². The fourth-order valence-corrected chi connectivity index (χ4v) is 3.24. The van der Waals surface area contributed by atoms with Gasteiger partial charge < -0.3 is 5.32 Å². The number of anilines is 1. The van der Waals surface area contributed by atoms with E-state index in [4.69, 9.17) is 0 Å². The highest BCUT2D eigenvalue weighted by molar-refractivity contribution is 5.95. The van der Waals surface area contributed by atoms with Crippen LogP contribution < -0.4 is 16.2 Å². The molecule has 0 saturated carbocycles. The van der Waals surface area contributed by atoms with Crippen LogP contribution in [-0.2, 0) is 11.3 Å². The molecular formula is C17H26N4O. The lowest BCUT2D eigenvalue weighted by molar-refractivity contribution is -0.117. The minimum atomic E-state index is -0.152. The number of nitrogens with one attached hydrogen (secondary N) is 3. The number of rotatable bonds is 4. The van der Waals surface area contributed by atoms with Crippen molar-refractivity contribution in [3.8, 4) is 0 Å². The number of amides is 1. The minimum Gasteiger partial charge on any atom is -0.325 e. The molecule has 1 aromatic rings. The van der Waals surface area contributed by atoms with Crippen LogP contribution in [0.3, 0.4) is 0 Å². The van der Waals surface area contributed by atoms with E-state index in [1.807, 2.05) is 12.1 Å². The van der Waals surface area contributed by atoms with Crippen LogP contribution in [0.1, 0.15) is 38.2 Å².